The zero-order valence-corrected chi connectivity index (χ0v) is 16.1. The molecule has 0 saturated heterocycles. The molecule has 3 aromatic rings. The molecule has 0 heterocycles. The molecular formula is C21H19ClN2O4. The quantitative estimate of drug-likeness (QED) is 0.551. The van der Waals surface area contributed by atoms with Crippen molar-refractivity contribution in [3.63, 3.8) is 0 Å². The highest BCUT2D eigenvalue weighted by Crippen LogP contribution is 2.36. The van der Waals surface area contributed by atoms with Crippen LogP contribution in [0.3, 0.4) is 0 Å². The molecule has 0 aliphatic carbocycles. The Morgan fingerprint density at radius 2 is 1.46 bits per heavy atom. The summed E-state index contributed by atoms with van der Waals surface area (Å²) in [6, 6.07) is 19.2. The van der Waals surface area contributed by atoms with Crippen LogP contribution in [0.1, 0.15) is 0 Å². The number of para-hydroxylation sites is 1. The predicted octanol–water partition coefficient (Wildman–Crippen LogP) is 5.79. The molecule has 28 heavy (non-hydrogen) atoms. The van der Waals surface area contributed by atoms with Gasteiger partial charge in [0.25, 0.3) is 0 Å². The number of halogens is 1. The molecule has 3 rings (SSSR count). The molecule has 0 fully saturated rings. The fraction of sp³-hybridized carbons (Fsp3) is 0.0952. The maximum Gasteiger partial charge on any atom is 0.323 e. The van der Waals surface area contributed by atoms with Crippen molar-refractivity contribution in [3.05, 3.63) is 71.8 Å². The smallest absolute Gasteiger partial charge is 0.323 e. The molecule has 144 valence electrons. The number of nitrogens with one attached hydrogen (secondary N) is 2. The first-order valence-corrected chi connectivity index (χ1v) is 8.79. The number of ether oxygens (including phenoxy) is 3. The third kappa shape index (κ3) is 4.86. The van der Waals surface area contributed by atoms with Crippen molar-refractivity contribution in [1.82, 2.24) is 0 Å². The van der Waals surface area contributed by atoms with E-state index >= 15 is 0 Å². The lowest BCUT2D eigenvalue weighted by molar-refractivity contribution is 0.262. The summed E-state index contributed by atoms with van der Waals surface area (Å²) in [6.07, 6.45) is 0. The minimum Gasteiger partial charge on any atom is -0.495 e. The summed E-state index contributed by atoms with van der Waals surface area (Å²) in [5.74, 6) is 2.30. The average Bonchev–Trinajstić information content (AvgIpc) is 2.70. The van der Waals surface area contributed by atoms with E-state index in [0.717, 1.165) is 5.75 Å². The van der Waals surface area contributed by atoms with E-state index in [2.05, 4.69) is 10.6 Å². The molecule has 6 nitrogen and oxygen atoms in total. The van der Waals surface area contributed by atoms with Crippen LogP contribution < -0.4 is 24.8 Å². The average molecular weight is 399 g/mol. The number of benzene rings is 3. The highest BCUT2D eigenvalue weighted by molar-refractivity contribution is 6.32. The second kappa shape index (κ2) is 9.01. The number of carbonyl (C=O) groups is 1. The highest BCUT2D eigenvalue weighted by atomic mass is 35.5. The lowest BCUT2D eigenvalue weighted by Crippen LogP contribution is -2.19. The number of methoxy groups -OCH3 is 2. The van der Waals surface area contributed by atoms with Gasteiger partial charge in [-0.1, -0.05) is 29.8 Å². The second-order valence-corrected chi connectivity index (χ2v) is 6.11. The normalized spacial score (nSPS) is 10.1. The Kier molecular flexibility index (Phi) is 6.24. The molecule has 0 unspecified atom stereocenters. The van der Waals surface area contributed by atoms with Gasteiger partial charge in [-0.3, -0.25) is 0 Å². The maximum absolute atomic E-state index is 12.3. The van der Waals surface area contributed by atoms with Crippen molar-refractivity contribution in [2.75, 3.05) is 24.9 Å². The van der Waals surface area contributed by atoms with Crippen LogP contribution in [-0.4, -0.2) is 20.3 Å². The molecule has 3 aromatic carbocycles. The Morgan fingerprint density at radius 3 is 2.11 bits per heavy atom. The van der Waals surface area contributed by atoms with E-state index in [4.69, 9.17) is 25.8 Å². The number of hydrogen-bond acceptors (Lipinski definition) is 4. The van der Waals surface area contributed by atoms with Gasteiger partial charge in [0.05, 0.1) is 24.9 Å². The van der Waals surface area contributed by atoms with Gasteiger partial charge in [-0.05, 0) is 42.5 Å². The largest absolute Gasteiger partial charge is 0.495 e. The maximum atomic E-state index is 12.3. The van der Waals surface area contributed by atoms with Crippen molar-refractivity contribution in [2.24, 2.45) is 0 Å². The first-order chi connectivity index (χ1) is 13.6. The van der Waals surface area contributed by atoms with Gasteiger partial charge >= 0.3 is 6.03 Å². The summed E-state index contributed by atoms with van der Waals surface area (Å²) >= 11 is 6.12. The van der Waals surface area contributed by atoms with Crippen molar-refractivity contribution in [3.8, 4) is 23.0 Å². The lowest BCUT2D eigenvalue weighted by Gasteiger charge is -2.14. The summed E-state index contributed by atoms with van der Waals surface area (Å²) in [7, 11) is 3.00. The van der Waals surface area contributed by atoms with E-state index < -0.39 is 6.03 Å². The minimum atomic E-state index is -0.434. The monoisotopic (exact) mass is 398 g/mol. The molecule has 0 spiro atoms. The molecule has 0 aliphatic heterocycles. The van der Waals surface area contributed by atoms with Gasteiger partial charge < -0.3 is 24.8 Å². The van der Waals surface area contributed by atoms with Gasteiger partial charge in [-0.25, -0.2) is 4.79 Å². The third-order valence-electron chi connectivity index (χ3n) is 3.81. The zero-order chi connectivity index (χ0) is 19.9. The first kappa shape index (κ1) is 19.4. The summed E-state index contributed by atoms with van der Waals surface area (Å²) in [5, 5.41) is 5.82. The Hall–Kier alpha value is -3.38. The molecule has 0 saturated carbocycles. The van der Waals surface area contributed by atoms with Crippen LogP contribution in [-0.2, 0) is 0 Å². The molecule has 7 heteroatoms. The van der Waals surface area contributed by atoms with E-state index in [0.29, 0.717) is 33.6 Å². The molecular weight excluding hydrogens is 380 g/mol. The molecule has 2 amide bonds. The highest BCUT2D eigenvalue weighted by Gasteiger charge is 2.12. The van der Waals surface area contributed by atoms with Crippen LogP contribution >= 0.6 is 11.6 Å². The number of amides is 2. The first-order valence-electron chi connectivity index (χ1n) is 8.41. The van der Waals surface area contributed by atoms with Crippen LogP contribution in [0.4, 0.5) is 16.2 Å². The molecule has 0 bridgehead atoms. The van der Waals surface area contributed by atoms with Crippen molar-refractivity contribution >= 4 is 29.0 Å². The minimum absolute atomic E-state index is 0.362. The zero-order valence-electron chi connectivity index (χ0n) is 15.4. The molecule has 0 aliphatic rings. The molecule has 0 aromatic heterocycles. The SMILES string of the molecule is COc1cc(OC)c(NC(=O)Nc2ccc(Oc3ccccc3)cc2)cc1Cl. The van der Waals surface area contributed by atoms with Crippen LogP contribution in [0.5, 0.6) is 23.0 Å². The second-order valence-electron chi connectivity index (χ2n) is 5.71. The van der Waals surface area contributed by atoms with Crippen LogP contribution in [0.15, 0.2) is 66.7 Å². The summed E-state index contributed by atoms with van der Waals surface area (Å²) in [6.45, 7) is 0. The van der Waals surface area contributed by atoms with Gasteiger partial charge in [0, 0.05) is 11.8 Å². The fourth-order valence-corrected chi connectivity index (χ4v) is 2.71. The van der Waals surface area contributed by atoms with Crippen molar-refractivity contribution < 1.29 is 19.0 Å². The predicted molar refractivity (Wildman–Crippen MR) is 110 cm³/mol. The van der Waals surface area contributed by atoms with Crippen molar-refractivity contribution in [1.29, 1.82) is 0 Å². The van der Waals surface area contributed by atoms with E-state index in [1.807, 2.05) is 30.3 Å². The standard InChI is InChI=1S/C21H19ClN2O4/c1-26-19-13-20(27-2)18(12-17(19)22)24-21(25)23-14-8-10-16(11-9-14)28-15-6-4-3-5-7-15/h3-13H,1-2H3,(H2,23,24,25). The van der Waals surface area contributed by atoms with Crippen LogP contribution in [0.25, 0.3) is 0 Å². The van der Waals surface area contributed by atoms with Gasteiger partial charge in [-0.15, -0.1) is 0 Å². The van der Waals surface area contributed by atoms with Crippen molar-refractivity contribution in [2.45, 2.75) is 0 Å². The van der Waals surface area contributed by atoms with Gasteiger partial charge in [0.1, 0.15) is 23.0 Å². The summed E-state index contributed by atoms with van der Waals surface area (Å²) in [5.41, 5.74) is 1.03. The Labute approximate surface area is 168 Å². The number of anilines is 2. The Bertz CT molecular complexity index is 947. The van der Waals surface area contributed by atoms with E-state index in [9.17, 15) is 4.79 Å². The summed E-state index contributed by atoms with van der Waals surface area (Å²) in [4.78, 5) is 12.3. The number of hydrogen-bond donors (Lipinski definition) is 2. The van der Waals surface area contributed by atoms with E-state index in [1.54, 1.807) is 36.4 Å². The number of rotatable bonds is 6. The third-order valence-corrected chi connectivity index (χ3v) is 4.11. The van der Waals surface area contributed by atoms with Gasteiger partial charge in [0.2, 0.25) is 0 Å². The summed E-state index contributed by atoms with van der Waals surface area (Å²) < 4.78 is 16.1. The van der Waals surface area contributed by atoms with E-state index in [1.165, 1.54) is 14.2 Å². The Morgan fingerprint density at radius 1 is 0.821 bits per heavy atom. The topological polar surface area (TPSA) is 68.8 Å². The molecule has 0 atom stereocenters. The van der Waals surface area contributed by atoms with Crippen LogP contribution in [0, 0.1) is 0 Å². The van der Waals surface area contributed by atoms with Crippen LogP contribution in [0.2, 0.25) is 5.02 Å². The Balaban J connectivity index is 1.64. The fourth-order valence-electron chi connectivity index (χ4n) is 2.47. The number of urea groups is 1. The molecule has 2 N–H and O–H groups in total. The lowest BCUT2D eigenvalue weighted by atomic mass is 10.2. The van der Waals surface area contributed by atoms with E-state index in [-0.39, 0.29) is 0 Å². The van der Waals surface area contributed by atoms with Gasteiger partial charge in [0.15, 0.2) is 0 Å². The molecule has 0 radical (unpaired) electrons. The van der Waals surface area contributed by atoms with Gasteiger partial charge in [-0.2, -0.15) is 0 Å². The number of carbonyl (C=O) groups excluding carboxylic acids is 1.